The number of benzene rings is 2. The summed E-state index contributed by atoms with van der Waals surface area (Å²) in [5, 5.41) is 3.04. The van der Waals surface area contributed by atoms with E-state index in [0.717, 1.165) is 24.2 Å². The summed E-state index contributed by atoms with van der Waals surface area (Å²) in [6.07, 6.45) is 0. The van der Waals surface area contributed by atoms with E-state index in [9.17, 15) is 4.79 Å². The van der Waals surface area contributed by atoms with Gasteiger partial charge in [-0.25, -0.2) is 0 Å². The Morgan fingerprint density at radius 1 is 1.11 bits per heavy atom. The molecule has 0 bridgehead atoms. The van der Waals surface area contributed by atoms with E-state index < -0.39 is 0 Å². The van der Waals surface area contributed by atoms with E-state index >= 15 is 0 Å². The molecule has 2 atom stereocenters. The van der Waals surface area contributed by atoms with E-state index in [0.29, 0.717) is 38.1 Å². The number of nitrogens with one attached hydrogen (secondary N) is 1. The highest BCUT2D eigenvalue weighted by Crippen LogP contribution is 2.31. The molecular formula is C22H29N3O2. The first kappa shape index (κ1) is 19.5. The van der Waals surface area contributed by atoms with Crippen LogP contribution in [0.3, 0.4) is 0 Å². The van der Waals surface area contributed by atoms with Gasteiger partial charge in [0.05, 0.1) is 13.2 Å². The molecule has 1 fully saturated rings. The average molecular weight is 367 g/mol. The molecule has 1 aliphatic heterocycles. The maximum atomic E-state index is 12.5. The van der Waals surface area contributed by atoms with E-state index in [2.05, 4.69) is 34.5 Å². The van der Waals surface area contributed by atoms with Gasteiger partial charge in [0.2, 0.25) is 5.91 Å². The average Bonchev–Trinajstić information content (AvgIpc) is 3.11. The number of likely N-dealkylation sites (tertiary alicyclic amines) is 1. The molecule has 5 heteroatoms. The molecule has 1 amide bonds. The SMILES string of the molecule is COCc1ccccc1CNC(=O)CN1C[C@@H](CN)[C@H](c2ccccc2)C1. The van der Waals surface area contributed by atoms with Crippen LogP contribution in [0.5, 0.6) is 0 Å². The fourth-order valence-electron chi connectivity index (χ4n) is 3.89. The molecule has 0 saturated carbocycles. The van der Waals surface area contributed by atoms with Crippen LogP contribution in [-0.2, 0) is 22.7 Å². The second-order valence-electron chi connectivity index (χ2n) is 7.19. The van der Waals surface area contributed by atoms with Crippen molar-refractivity contribution in [1.29, 1.82) is 0 Å². The lowest BCUT2D eigenvalue weighted by molar-refractivity contribution is -0.122. The van der Waals surface area contributed by atoms with Crippen LogP contribution in [0.1, 0.15) is 22.6 Å². The Morgan fingerprint density at radius 3 is 2.52 bits per heavy atom. The van der Waals surface area contributed by atoms with E-state index in [4.69, 9.17) is 10.5 Å². The van der Waals surface area contributed by atoms with Crippen molar-refractivity contribution >= 4 is 5.91 Å². The predicted octanol–water partition coefficient (Wildman–Crippen LogP) is 2.12. The lowest BCUT2D eigenvalue weighted by atomic mass is 9.89. The zero-order valence-corrected chi connectivity index (χ0v) is 15.9. The van der Waals surface area contributed by atoms with Gasteiger partial charge in [-0.3, -0.25) is 9.69 Å². The van der Waals surface area contributed by atoms with Crippen LogP contribution in [0.4, 0.5) is 0 Å². The number of nitrogens with zero attached hydrogens (tertiary/aromatic N) is 1. The minimum Gasteiger partial charge on any atom is -0.380 e. The van der Waals surface area contributed by atoms with E-state index in [1.165, 1.54) is 5.56 Å². The Bertz CT molecular complexity index is 735. The van der Waals surface area contributed by atoms with Crippen LogP contribution < -0.4 is 11.1 Å². The number of ether oxygens (including phenoxy) is 1. The number of methoxy groups -OCH3 is 1. The Labute approximate surface area is 161 Å². The normalized spacial score (nSPS) is 19.9. The number of carbonyl (C=O) groups is 1. The van der Waals surface area contributed by atoms with Crippen LogP contribution in [0.2, 0.25) is 0 Å². The highest BCUT2D eigenvalue weighted by atomic mass is 16.5. The molecular weight excluding hydrogens is 338 g/mol. The van der Waals surface area contributed by atoms with Crippen molar-refractivity contribution in [1.82, 2.24) is 10.2 Å². The summed E-state index contributed by atoms with van der Waals surface area (Å²) in [6.45, 7) is 3.86. The van der Waals surface area contributed by atoms with Crippen molar-refractivity contribution < 1.29 is 9.53 Å². The smallest absolute Gasteiger partial charge is 0.234 e. The molecule has 3 rings (SSSR count). The highest BCUT2D eigenvalue weighted by molar-refractivity contribution is 5.78. The molecule has 1 saturated heterocycles. The fraction of sp³-hybridized carbons (Fsp3) is 0.409. The molecule has 144 valence electrons. The zero-order valence-electron chi connectivity index (χ0n) is 15.9. The third-order valence-corrected chi connectivity index (χ3v) is 5.31. The van der Waals surface area contributed by atoms with Crippen molar-refractivity contribution in [2.45, 2.75) is 19.1 Å². The minimum absolute atomic E-state index is 0.0479. The maximum absolute atomic E-state index is 12.5. The topological polar surface area (TPSA) is 67.6 Å². The number of amides is 1. The molecule has 2 aromatic carbocycles. The summed E-state index contributed by atoms with van der Waals surface area (Å²) in [5.74, 6) is 0.834. The zero-order chi connectivity index (χ0) is 19.1. The molecule has 0 aliphatic carbocycles. The van der Waals surface area contributed by atoms with Gasteiger partial charge in [0.1, 0.15) is 0 Å². The quantitative estimate of drug-likeness (QED) is 0.750. The van der Waals surface area contributed by atoms with Crippen molar-refractivity contribution in [2.75, 3.05) is 33.3 Å². The van der Waals surface area contributed by atoms with Gasteiger partial charge in [0.25, 0.3) is 0 Å². The van der Waals surface area contributed by atoms with Crippen LogP contribution in [-0.4, -0.2) is 44.1 Å². The maximum Gasteiger partial charge on any atom is 0.234 e. The molecule has 0 radical (unpaired) electrons. The number of hydrogen-bond donors (Lipinski definition) is 2. The van der Waals surface area contributed by atoms with Gasteiger partial charge in [-0.05, 0) is 29.2 Å². The molecule has 1 heterocycles. The minimum atomic E-state index is 0.0479. The summed E-state index contributed by atoms with van der Waals surface area (Å²) < 4.78 is 5.23. The van der Waals surface area contributed by atoms with Gasteiger partial charge in [0, 0.05) is 32.7 Å². The summed E-state index contributed by atoms with van der Waals surface area (Å²) in [4.78, 5) is 14.7. The first-order valence-corrected chi connectivity index (χ1v) is 9.51. The second kappa shape index (κ2) is 9.65. The number of hydrogen-bond acceptors (Lipinski definition) is 4. The lowest BCUT2D eigenvalue weighted by Gasteiger charge is -2.17. The van der Waals surface area contributed by atoms with Gasteiger partial charge < -0.3 is 15.8 Å². The van der Waals surface area contributed by atoms with Crippen LogP contribution in [0, 0.1) is 5.92 Å². The van der Waals surface area contributed by atoms with Crippen molar-refractivity contribution in [3.8, 4) is 0 Å². The largest absolute Gasteiger partial charge is 0.380 e. The monoisotopic (exact) mass is 367 g/mol. The first-order chi connectivity index (χ1) is 13.2. The van der Waals surface area contributed by atoms with Gasteiger partial charge in [-0.15, -0.1) is 0 Å². The molecule has 3 N–H and O–H groups in total. The summed E-state index contributed by atoms with van der Waals surface area (Å²) >= 11 is 0. The number of nitrogens with two attached hydrogens (primary N) is 1. The molecule has 0 aromatic heterocycles. The third kappa shape index (κ3) is 5.16. The van der Waals surface area contributed by atoms with Crippen LogP contribution >= 0.6 is 0 Å². The Hall–Kier alpha value is -2.21. The lowest BCUT2D eigenvalue weighted by Crippen LogP contribution is -2.36. The van der Waals surface area contributed by atoms with Crippen LogP contribution in [0.15, 0.2) is 54.6 Å². The molecule has 0 spiro atoms. The fourth-order valence-corrected chi connectivity index (χ4v) is 3.89. The molecule has 2 aromatic rings. The van der Waals surface area contributed by atoms with Gasteiger partial charge in [-0.1, -0.05) is 54.6 Å². The molecule has 0 unspecified atom stereocenters. The standard InChI is InChI=1S/C22H29N3O2/c1-27-16-19-10-6-5-9-18(19)12-24-22(26)15-25-13-20(11-23)21(14-25)17-7-3-2-4-8-17/h2-10,20-21H,11-16,23H2,1H3,(H,24,26)/t20-,21+/m1/s1. The number of carbonyl (C=O) groups excluding carboxylic acids is 1. The summed E-state index contributed by atoms with van der Waals surface area (Å²) in [7, 11) is 1.68. The highest BCUT2D eigenvalue weighted by Gasteiger charge is 2.33. The Morgan fingerprint density at radius 2 is 1.81 bits per heavy atom. The Balaban J connectivity index is 1.54. The van der Waals surface area contributed by atoms with Gasteiger partial charge >= 0.3 is 0 Å². The first-order valence-electron chi connectivity index (χ1n) is 9.51. The van der Waals surface area contributed by atoms with Gasteiger partial charge in [0.15, 0.2) is 0 Å². The predicted molar refractivity (Wildman–Crippen MR) is 107 cm³/mol. The number of rotatable bonds is 8. The molecule has 27 heavy (non-hydrogen) atoms. The second-order valence-corrected chi connectivity index (χ2v) is 7.19. The summed E-state index contributed by atoms with van der Waals surface area (Å²) in [5.41, 5.74) is 9.50. The molecule has 1 aliphatic rings. The van der Waals surface area contributed by atoms with Gasteiger partial charge in [-0.2, -0.15) is 0 Å². The van der Waals surface area contributed by atoms with Crippen molar-refractivity contribution in [2.24, 2.45) is 11.7 Å². The van der Waals surface area contributed by atoms with Crippen molar-refractivity contribution in [3.05, 3.63) is 71.3 Å². The van der Waals surface area contributed by atoms with Crippen LogP contribution in [0.25, 0.3) is 0 Å². The Kier molecular flexibility index (Phi) is 6.98. The summed E-state index contributed by atoms with van der Waals surface area (Å²) in [6, 6.07) is 18.5. The third-order valence-electron chi connectivity index (χ3n) is 5.31. The molecule has 5 nitrogen and oxygen atoms in total. The van der Waals surface area contributed by atoms with E-state index in [1.807, 2.05) is 30.3 Å². The van der Waals surface area contributed by atoms with Crippen molar-refractivity contribution in [3.63, 3.8) is 0 Å². The van der Waals surface area contributed by atoms with E-state index in [-0.39, 0.29) is 5.91 Å². The van der Waals surface area contributed by atoms with E-state index in [1.54, 1.807) is 7.11 Å².